The summed E-state index contributed by atoms with van der Waals surface area (Å²) in [6, 6.07) is 0. The van der Waals surface area contributed by atoms with Gasteiger partial charge >= 0.3 is 0 Å². The minimum absolute atomic E-state index is 0.219. The van der Waals surface area contributed by atoms with Crippen molar-refractivity contribution in [1.82, 2.24) is 0 Å². The van der Waals surface area contributed by atoms with Crippen LogP contribution >= 0.6 is 0 Å². The van der Waals surface area contributed by atoms with Gasteiger partial charge in [-0.05, 0) is 27.7 Å². The molecule has 2 atom stereocenters. The van der Waals surface area contributed by atoms with E-state index < -0.39 is 11.6 Å². The molecular weight excluding hydrogens is 224 g/mol. The van der Waals surface area contributed by atoms with Crippen LogP contribution in [-0.2, 0) is 23.8 Å². The summed E-state index contributed by atoms with van der Waals surface area (Å²) in [7, 11) is 2.84. The molecule has 0 N–H and O–H groups in total. The molecule has 0 radical (unpaired) electrons. The van der Waals surface area contributed by atoms with Gasteiger partial charge in [0.25, 0.3) is 0 Å². The van der Waals surface area contributed by atoms with Crippen molar-refractivity contribution in [3.8, 4) is 0 Å². The average molecular weight is 242 g/mol. The van der Waals surface area contributed by atoms with Gasteiger partial charge in [-0.3, -0.25) is 9.59 Å². The van der Waals surface area contributed by atoms with Gasteiger partial charge in [0.2, 0.25) is 0 Å². The zero-order valence-corrected chi connectivity index (χ0v) is 11.0. The van der Waals surface area contributed by atoms with Crippen LogP contribution in [0, 0.1) is 0 Å². The lowest BCUT2D eigenvalue weighted by molar-refractivity contribution is -0.284. The molecule has 0 aromatic carbocycles. The van der Waals surface area contributed by atoms with Crippen molar-refractivity contribution in [2.45, 2.75) is 39.3 Å². The van der Waals surface area contributed by atoms with E-state index in [0.717, 1.165) is 0 Å². The van der Waals surface area contributed by atoms with E-state index in [2.05, 4.69) is 0 Å². The monoisotopic (exact) mass is 242 g/mol. The summed E-state index contributed by atoms with van der Waals surface area (Å²) in [4.78, 5) is 23.4. The Morgan fingerprint density at radius 2 is 1.24 bits per heavy atom. The van der Waals surface area contributed by atoms with Gasteiger partial charge < -0.3 is 14.2 Å². The summed E-state index contributed by atoms with van der Waals surface area (Å²) in [5.74, 6) is -3.03. The van der Waals surface area contributed by atoms with E-state index in [-0.39, 0.29) is 22.7 Å². The van der Waals surface area contributed by atoms with Crippen LogP contribution in [0.5, 0.6) is 0 Å². The predicted molar refractivity (Wildman–Crippen MR) is 60.3 cm³/mol. The molecule has 0 amide bonds. The molecule has 96 valence electrons. The van der Waals surface area contributed by atoms with E-state index >= 15 is 0 Å². The highest BCUT2D eigenvalue weighted by Gasteiger charge is 2.54. The van der Waals surface area contributed by atoms with Crippen LogP contribution in [0.2, 0.25) is 0 Å². The molecule has 0 saturated heterocycles. The van der Waals surface area contributed by atoms with Crippen LogP contribution in [-0.4, -0.2) is 37.4 Å². The van der Waals surface area contributed by atoms with Gasteiger partial charge in [-0.2, -0.15) is 0 Å². The molecule has 0 fully saturated rings. The minimum atomic E-state index is -1.25. The lowest BCUT2D eigenvalue weighted by Gasteiger charge is -2.30. The Labute approximate surface area is 101 Å². The number of ketones is 2. The van der Waals surface area contributed by atoms with Crippen LogP contribution in [0.15, 0.2) is 11.1 Å². The van der Waals surface area contributed by atoms with Crippen molar-refractivity contribution in [3.63, 3.8) is 0 Å². The molecule has 0 spiro atoms. The number of carbonyl (C=O) groups excluding carboxylic acids is 2. The van der Waals surface area contributed by atoms with Crippen LogP contribution in [0.3, 0.4) is 0 Å². The Balaban J connectivity index is 3.52. The fourth-order valence-electron chi connectivity index (χ4n) is 2.21. The SMILES string of the molecule is COC1(C)OC(C)(OC)C(C(C)=O)=C1C(C)=O. The smallest absolute Gasteiger partial charge is 0.199 e. The van der Waals surface area contributed by atoms with E-state index in [1.807, 2.05) is 0 Å². The van der Waals surface area contributed by atoms with E-state index in [0.29, 0.717) is 0 Å². The Bertz CT molecular complexity index is 362. The lowest BCUT2D eigenvalue weighted by Crippen LogP contribution is -2.39. The Hall–Kier alpha value is -1.04. The number of carbonyl (C=O) groups is 2. The maximum Gasteiger partial charge on any atom is 0.199 e. The second kappa shape index (κ2) is 4.33. The largest absolute Gasteiger partial charge is 0.349 e. The molecule has 1 aliphatic rings. The zero-order valence-electron chi connectivity index (χ0n) is 11.0. The van der Waals surface area contributed by atoms with Crippen LogP contribution in [0.4, 0.5) is 0 Å². The standard InChI is InChI=1S/C12H18O5/c1-7(13)9-10(8(2)14)12(4,16-6)17-11(9,3)15-5/h1-6H3. The number of rotatable bonds is 4. The third kappa shape index (κ3) is 2.06. The van der Waals surface area contributed by atoms with Gasteiger partial charge in [-0.1, -0.05) is 0 Å². The quantitative estimate of drug-likeness (QED) is 0.741. The number of hydrogen-bond donors (Lipinski definition) is 0. The molecule has 5 heteroatoms. The van der Waals surface area contributed by atoms with E-state index in [9.17, 15) is 9.59 Å². The summed E-state index contributed by atoms with van der Waals surface area (Å²) in [5, 5.41) is 0. The molecule has 0 bridgehead atoms. The van der Waals surface area contributed by atoms with Crippen LogP contribution in [0.1, 0.15) is 27.7 Å². The van der Waals surface area contributed by atoms with E-state index in [4.69, 9.17) is 14.2 Å². The van der Waals surface area contributed by atoms with Gasteiger partial charge in [0.05, 0.1) is 11.1 Å². The molecule has 17 heavy (non-hydrogen) atoms. The molecule has 2 unspecified atom stereocenters. The second-order valence-corrected chi connectivity index (χ2v) is 4.26. The van der Waals surface area contributed by atoms with Crippen molar-refractivity contribution in [1.29, 1.82) is 0 Å². The van der Waals surface area contributed by atoms with Crippen LogP contribution < -0.4 is 0 Å². The predicted octanol–water partition coefficient (Wildman–Crippen LogP) is 1.22. The molecule has 0 saturated carbocycles. The van der Waals surface area contributed by atoms with Gasteiger partial charge in [0, 0.05) is 14.2 Å². The fraction of sp³-hybridized carbons (Fsp3) is 0.667. The zero-order chi connectivity index (χ0) is 13.4. The highest BCUT2D eigenvalue weighted by Crippen LogP contribution is 2.44. The van der Waals surface area contributed by atoms with Crippen LogP contribution in [0.25, 0.3) is 0 Å². The maximum atomic E-state index is 11.7. The normalized spacial score (nSPS) is 33.1. The summed E-state index contributed by atoms with van der Waals surface area (Å²) in [6.07, 6.45) is 0. The van der Waals surface area contributed by atoms with E-state index in [1.54, 1.807) is 13.8 Å². The van der Waals surface area contributed by atoms with Crippen molar-refractivity contribution < 1.29 is 23.8 Å². The first-order valence-corrected chi connectivity index (χ1v) is 5.29. The Kier molecular flexibility index (Phi) is 3.57. The van der Waals surface area contributed by atoms with Gasteiger partial charge in [0.15, 0.2) is 23.1 Å². The fourth-order valence-corrected chi connectivity index (χ4v) is 2.21. The molecule has 0 aromatic rings. The Morgan fingerprint density at radius 3 is 1.41 bits per heavy atom. The maximum absolute atomic E-state index is 11.7. The average Bonchev–Trinajstić information content (AvgIpc) is 2.48. The Morgan fingerprint density at radius 1 is 0.941 bits per heavy atom. The van der Waals surface area contributed by atoms with Gasteiger partial charge in [-0.15, -0.1) is 0 Å². The first kappa shape index (κ1) is 14.0. The first-order chi connectivity index (χ1) is 7.72. The van der Waals surface area contributed by atoms with Crippen molar-refractivity contribution >= 4 is 11.6 Å². The molecule has 1 heterocycles. The lowest BCUT2D eigenvalue weighted by atomic mass is 9.94. The molecule has 0 aliphatic carbocycles. The number of hydrogen-bond acceptors (Lipinski definition) is 5. The molecule has 1 rings (SSSR count). The van der Waals surface area contributed by atoms with Gasteiger partial charge in [-0.25, -0.2) is 0 Å². The van der Waals surface area contributed by atoms with E-state index in [1.165, 1.54) is 28.1 Å². The summed E-state index contributed by atoms with van der Waals surface area (Å²) < 4.78 is 16.1. The number of Topliss-reactive ketones (excluding diaryl/α,β-unsaturated/α-hetero) is 2. The van der Waals surface area contributed by atoms with Gasteiger partial charge in [0.1, 0.15) is 0 Å². The molecular formula is C12H18O5. The topological polar surface area (TPSA) is 61.8 Å². The summed E-state index contributed by atoms with van der Waals surface area (Å²) in [6.45, 7) is 5.94. The first-order valence-electron chi connectivity index (χ1n) is 5.29. The number of ether oxygens (including phenoxy) is 3. The minimum Gasteiger partial charge on any atom is -0.349 e. The highest BCUT2D eigenvalue weighted by molar-refractivity contribution is 6.07. The third-order valence-corrected chi connectivity index (χ3v) is 3.03. The third-order valence-electron chi connectivity index (χ3n) is 3.03. The summed E-state index contributed by atoms with van der Waals surface area (Å²) >= 11 is 0. The molecule has 0 aromatic heterocycles. The van der Waals surface area contributed by atoms with Crippen molar-refractivity contribution in [3.05, 3.63) is 11.1 Å². The number of methoxy groups -OCH3 is 2. The van der Waals surface area contributed by atoms with Crippen molar-refractivity contribution in [2.24, 2.45) is 0 Å². The highest BCUT2D eigenvalue weighted by atomic mass is 16.8. The second-order valence-electron chi connectivity index (χ2n) is 4.26. The van der Waals surface area contributed by atoms with Crippen molar-refractivity contribution in [2.75, 3.05) is 14.2 Å². The summed E-state index contributed by atoms with van der Waals surface area (Å²) in [5.41, 5.74) is 0.439. The molecule has 1 aliphatic heterocycles. The molecule has 5 nitrogen and oxygen atoms in total.